The highest BCUT2D eigenvalue weighted by atomic mass is 32.1. The third-order valence-corrected chi connectivity index (χ3v) is 6.99. The number of piperidine rings is 1. The lowest BCUT2D eigenvalue weighted by molar-refractivity contribution is 0.0879. The fraction of sp³-hybridized carbons (Fsp3) is 0.269. The molecule has 1 aliphatic heterocycles. The first-order valence-electron chi connectivity index (χ1n) is 11.1. The molecule has 0 spiro atoms. The van der Waals surface area contributed by atoms with Crippen molar-refractivity contribution in [1.29, 1.82) is 0 Å². The molecule has 1 saturated heterocycles. The van der Waals surface area contributed by atoms with E-state index in [-0.39, 0.29) is 11.9 Å². The van der Waals surface area contributed by atoms with Crippen LogP contribution in [0.1, 0.15) is 39.8 Å². The van der Waals surface area contributed by atoms with Crippen LogP contribution in [-0.2, 0) is 6.54 Å². The number of fused-ring (bicyclic) bond motifs is 1. The lowest BCUT2D eigenvalue weighted by Crippen LogP contribution is -2.42. The van der Waals surface area contributed by atoms with Gasteiger partial charge in [-0.25, -0.2) is 0 Å². The topological polar surface area (TPSA) is 58.1 Å². The molecule has 3 aromatic heterocycles. The molecule has 0 bridgehead atoms. The van der Waals surface area contributed by atoms with Gasteiger partial charge in [-0.2, -0.15) is 0 Å². The van der Waals surface area contributed by atoms with Crippen LogP contribution in [0, 0.1) is 5.92 Å². The Labute approximate surface area is 192 Å². The SMILES string of the molecule is O=C(N[C@H](c1ccccn1)[C@@H]1CCCN(Cc2ccc3ncccc3c2)C1)c1cccs1. The highest BCUT2D eigenvalue weighted by molar-refractivity contribution is 7.12. The first kappa shape index (κ1) is 20.8. The van der Waals surface area contributed by atoms with Crippen molar-refractivity contribution in [3.8, 4) is 0 Å². The van der Waals surface area contributed by atoms with Gasteiger partial charge in [0.05, 0.1) is 22.1 Å². The minimum Gasteiger partial charge on any atom is -0.343 e. The summed E-state index contributed by atoms with van der Waals surface area (Å²) in [5.74, 6) is 0.291. The van der Waals surface area contributed by atoms with Crippen LogP contribution >= 0.6 is 11.3 Å². The second kappa shape index (κ2) is 9.59. The number of amides is 1. The number of benzene rings is 1. The number of aromatic nitrogens is 2. The molecular formula is C26H26N4OS. The summed E-state index contributed by atoms with van der Waals surface area (Å²) in [5, 5.41) is 6.40. The molecule has 1 aliphatic rings. The highest BCUT2D eigenvalue weighted by Gasteiger charge is 2.31. The lowest BCUT2D eigenvalue weighted by atomic mass is 9.88. The molecular weight excluding hydrogens is 416 g/mol. The van der Waals surface area contributed by atoms with E-state index in [1.165, 1.54) is 22.3 Å². The Morgan fingerprint density at radius 2 is 2.03 bits per heavy atom. The second-order valence-corrected chi connectivity index (χ2v) is 9.30. The predicted molar refractivity (Wildman–Crippen MR) is 129 cm³/mol. The molecule has 0 aliphatic carbocycles. The maximum absolute atomic E-state index is 12.9. The summed E-state index contributed by atoms with van der Waals surface area (Å²) < 4.78 is 0. The minimum atomic E-state index is -0.102. The summed E-state index contributed by atoms with van der Waals surface area (Å²) in [6, 6.07) is 20.2. The van der Waals surface area contributed by atoms with Crippen LogP contribution in [0.15, 0.2) is 78.4 Å². The van der Waals surface area contributed by atoms with Crippen LogP contribution < -0.4 is 5.32 Å². The van der Waals surface area contributed by atoms with Crippen molar-refractivity contribution in [2.24, 2.45) is 5.92 Å². The number of carbonyl (C=O) groups excluding carboxylic acids is 1. The molecule has 0 radical (unpaired) electrons. The second-order valence-electron chi connectivity index (χ2n) is 8.35. The van der Waals surface area contributed by atoms with Crippen molar-refractivity contribution in [3.05, 3.63) is 94.6 Å². The molecule has 1 fully saturated rings. The van der Waals surface area contributed by atoms with E-state index >= 15 is 0 Å². The Balaban J connectivity index is 1.34. The van der Waals surface area contributed by atoms with Crippen molar-refractivity contribution in [3.63, 3.8) is 0 Å². The smallest absolute Gasteiger partial charge is 0.261 e. The molecule has 1 amide bonds. The van der Waals surface area contributed by atoms with Gasteiger partial charge in [-0.05, 0) is 72.6 Å². The molecule has 0 unspecified atom stereocenters. The van der Waals surface area contributed by atoms with E-state index < -0.39 is 0 Å². The first-order valence-corrected chi connectivity index (χ1v) is 12.0. The van der Waals surface area contributed by atoms with Gasteiger partial charge in [0.1, 0.15) is 0 Å². The van der Waals surface area contributed by atoms with Crippen LogP contribution in [0.3, 0.4) is 0 Å². The van der Waals surface area contributed by atoms with Gasteiger partial charge in [0.2, 0.25) is 0 Å². The molecule has 32 heavy (non-hydrogen) atoms. The zero-order valence-corrected chi connectivity index (χ0v) is 18.7. The van der Waals surface area contributed by atoms with E-state index in [0.29, 0.717) is 5.92 Å². The van der Waals surface area contributed by atoms with Gasteiger partial charge < -0.3 is 5.32 Å². The standard InChI is InChI=1S/C26H26N4OS/c31-26(24-9-5-15-32-24)29-25(23-8-1-2-12-28-23)21-7-4-14-30(18-21)17-19-10-11-22-20(16-19)6-3-13-27-22/h1-3,5-6,8-13,15-16,21,25H,4,7,14,17-18H2,(H,29,31)/t21-,25+/m1/s1. The Morgan fingerprint density at radius 1 is 1.09 bits per heavy atom. The number of thiophene rings is 1. The molecule has 1 N–H and O–H groups in total. The number of nitrogens with one attached hydrogen (secondary N) is 1. The fourth-order valence-corrected chi connectivity index (χ4v) is 5.23. The van der Waals surface area contributed by atoms with E-state index in [1.54, 1.807) is 0 Å². The van der Waals surface area contributed by atoms with E-state index in [9.17, 15) is 4.79 Å². The zero-order chi connectivity index (χ0) is 21.8. The molecule has 162 valence electrons. The van der Waals surface area contributed by atoms with Gasteiger partial charge in [0, 0.05) is 30.9 Å². The minimum absolute atomic E-state index is 0.0187. The van der Waals surface area contributed by atoms with Crippen molar-refractivity contribution < 1.29 is 4.79 Å². The predicted octanol–water partition coefficient (Wildman–Crippen LogP) is 5.07. The maximum atomic E-state index is 12.9. The summed E-state index contributed by atoms with van der Waals surface area (Å²) in [6.07, 6.45) is 5.82. The Bertz CT molecular complexity index is 1180. The fourth-order valence-electron chi connectivity index (χ4n) is 4.60. The number of nitrogens with zero attached hydrogens (tertiary/aromatic N) is 3. The van der Waals surface area contributed by atoms with Gasteiger partial charge in [-0.3, -0.25) is 19.7 Å². The number of pyridine rings is 2. The Kier molecular flexibility index (Phi) is 6.23. The normalized spacial score (nSPS) is 17.8. The van der Waals surface area contributed by atoms with Crippen LogP contribution in [0.4, 0.5) is 0 Å². The molecule has 4 heterocycles. The highest BCUT2D eigenvalue weighted by Crippen LogP contribution is 2.30. The summed E-state index contributed by atoms with van der Waals surface area (Å²) in [7, 11) is 0. The lowest BCUT2D eigenvalue weighted by Gasteiger charge is -2.37. The molecule has 4 aromatic rings. The van der Waals surface area contributed by atoms with Gasteiger partial charge in [-0.1, -0.05) is 24.3 Å². The monoisotopic (exact) mass is 442 g/mol. The van der Waals surface area contributed by atoms with Crippen molar-refractivity contribution in [2.45, 2.75) is 25.4 Å². The van der Waals surface area contributed by atoms with Crippen molar-refractivity contribution in [1.82, 2.24) is 20.2 Å². The third-order valence-electron chi connectivity index (χ3n) is 6.12. The van der Waals surface area contributed by atoms with Crippen LogP contribution in [0.2, 0.25) is 0 Å². The molecule has 1 aromatic carbocycles. The number of hydrogen-bond donors (Lipinski definition) is 1. The van der Waals surface area contributed by atoms with E-state index in [0.717, 1.165) is 48.6 Å². The number of hydrogen-bond acceptors (Lipinski definition) is 5. The van der Waals surface area contributed by atoms with Gasteiger partial charge in [0.25, 0.3) is 5.91 Å². The maximum Gasteiger partial charge on any atom is 0.261 e. The van der Waals surface area contributed by atoms with Crippen LogP contribution in [-0.4, -0.2) is 33.9 Å². The van der Waals surface area contributed by atoms with E-state index in [2.05, 4.69) is 44.5 Å². The van der Waals surface area contributed by atoms with Crippen LogP contribution in [0.5, 0.6) is 0 Å². The quantitative estimate of drug-likeness (QED) is 0.453. The van der Waals surface area contributed by atoms with Gasteiger partial charge in [0.15, 0.2) is 0 Å². The average Bonchev–Trinajstić information content (AvgIpc) is 3.38. The third kappa shape index (κ3) is 4.71. The first-order chi connectivity index (χ1) is 15.8. The Morgan fingerprint density at radius 3 is 2.88 bits per heavy atom. The summed E-state index contributed by atoms with van der Waals surface area (Å²) in [5.41, 5.74) is 3.25. The van der Waals surface area contributed by atoms with E-state index in [1.807, 2.05) is 54.2 Å². The van der Waals surface area contributed by atoms with Crippen molar-refractivity contribution >= 4 is 28.1 Å². The van der Waals surface area contributed by atoms with Gasteiger partial charge in [-0.15, -0.1) is 11.3 Å². The number of likely N-dealkylation sites (tertiary alicyclic amines) is 1. The molecule has 2 atom stereocenters. The zero-order valence-electron chi connectivity index (χ0n) is 17.9. The van der Waals surface area contributed by atoms with Crippen LogP contribution in [0.25, 0.3) is 10.9 Å². The number of carbonyl (C=O) groups is 1. The molecule has 0 saturated carbocycles. The summed E-state index contributed by atoms with van der Waals surface area (Å²) in [4.78, 5) is 25.1. The number of rotatable bonds is 6. The molecule has 5 nitrogen and oxygen atoms in total. The molecule has 6 heteroatoms. The Hall–Kier alpha value is -3.09. The largest absolute Gasteiger partial charge is 0.343 e. The summed E-state index contributed by atoms with van der Waals surface area (Å²) in [6.45, 7) is 2.89. The van der Waals surface area contributed by atoms with Gasteiger partial charge >= 0.3 is 0 Å². The summed E-state index contributed by atoms with van der Waals surface area (Å²) >= 11 is 1.47. The van der Waals surface area contributed by atoms with Crippen molar-refractivity contribution in [2.75, 3.05) is 13.1 Å². The average molecular weight is 443 g/mol. The van der Waals surface area contributed by atoms with E-state index in [4.69, 9.17) is 0 Å². The molecule has 5 rings (SSSR count).